The van der Waals surface area contributed by atoms with Crippen LogP contribution >= 0.6 is 11.8 Å². The Hall–Kier alpha value is -1.75. The van der Waals surface area contributed by atoms with Crippen molar-refractivity contribution in [2.24, 2.45) is 0 Å². The Balaban J connectivity index is 2.46. The molecule has 0 unspecified atom stereocenters. The van der Waals surface area contributed by atoms with E-state index in [1.807, 2.05) is 13.8 Å². The number of rotatable bonds is 1. The summed E-state index contributed by atoms with van der Waals surface area (Å²) in [4.78, 5) is 22.8. The molecule has 0 bridgehead atoms. The summed E-state index contributed by atoms with van der Waals surface area (Å²) in [5.41, 5.74) is 2.58. The van der Waals surface area contributed by atoms with Crippen LogP contribution in [0, 0.1) is 13.8 Å². The lowest BCUT2D eigenvalue weighted by atomic mass is 10.0. The van der Waals surface area contributed by atoms with Crippen molar-refractivity contribution in [3.8, 4) is 5.75 Å². The number of hydrogen-bond acceptors (Lipinski definition) is 4. The molecule has 2 N–H and O–H groups in total. The first-order valence-electron chi connectivity index (χ1n) is 5.02. The SMILES string of the molecule is Cc1cc(O)cc(C)c1/C=C1\SC(=O)NC1=O. The van der Waals surface area contributed by atoms with E-state index in [9.17, 15) is 14.7 Å². The van der Waals surface area contributed by atoms with Gasteiger partial charge >= 0.3 is 0 Å². The maximum atomic E-state index is 11.4. The predicted molar refractivity (Wildman–Crippen MR) is 66.7 cm³/mol. The van der Waals surface area contributed by atoms with E-state index in [-0.39, 0.29) is 16.9 Å². The fraction of sp³-hybridized carbons (Fsp3) is 0.167. The van der Waals surface area contributed by atoms with E-state index in [2.05, 4.69) is 5.32 Å². The third-order valence-electron chi connectivity index (χ3n) is 2.50. The van der Waals surface area contributed by atoms with Gasteiger partial charge in [0, 0.05) is 0 Å². The molecule has 0 radical (unpaired) electrons. The summed E-state index contributed by atoms with van der Waals surface area (Å²) in [5.74, 6) is -0.173. The van der Waals surface area contributed by atoms with Gasteiger partial charge in [-0.05, 0) is 60.5 Å². The van der Waals surface area contributed by atoms with Gasteiger partial charge in [0.2, 0.25) is 0 Å². The van der Waals surface area contributed by atoms with Crippen LogP contribution in [0.15, 0.2) is 17.0 Å². The molecule has 1 aromatic rings. The first kappa shape index (κ1) is 11.7. The minimum absolute atomic E-state index is 0.196. The standard InChI is InChI=1S/C12H11NO3S/c1-6-3-8(14)4-7(2)9(6)5-10-11(15)13-12(16)17-10/h3-5,14H,1-2H3,(H,13,15,16)/b10-5-. The van der Waals surface area contributed by atoms with Crippen molar-refractivity contribution in [1.82, 2.24) is 5.32 Å². The molecule has 0 atom stereocenters. The zero-order chi connectivity index (χ0) is 12.6. The van der Waals surface area contributed by atoms with Crippen LogP contribution in [-0.4, -0.2) is 16.3 Å². The Morgan fingerprint density at radius 1 is 1.24 bits per heavy atom. The molecule has 4 nitrogen and oxygen atoms in total. The smallest absolute Gasteiger partial charge is 0.290 e. The number of carbonyl (C=O) groups is 2. The van der Waals surface area contributed by atoms with Crippen molar-refractivity contribution in [3.63, 3.8) is 0 Å². The molecular formula is C12H11NO3S. The van der Waals surface area contributed by atoms with Crippen molar-refractivity contribution in [2.45, 2.75) is 13.8 Å². The molecule has 1 aliphatic rings. The summed E-state index contributed by atoms with van der Waals surface area (Å²) in [5, 5.41) is 11.3. The van der Waals surface area contributed by atoms with E-state index in [0.717, 1.165) is 28.5 Å². The maximum Gasteiger partial charge on any atom is 0.290 e. The maximum absolute atomic E-state index is 11.4. The lowest BCUT2D eigenvalue weighted by molar-refractivity contribution is -0.115. The molecule has 17 heavy (non-hydrogen) atoms. The molecule has 5 heteroatoms. The Bertz CT molecular complexity index is 526. The second kappa shape index (κ2) is 4.25. The summed E-state index contributed by atoms with van der Waals surface area (Å²) in [6, 6.07) is 3.25. The number of aromatic hydroxyl groups is 1. The molecule has 1 aromatic carbocycles. The highest BCUT2D eigenvalue weighted by Gasteiger charge is 2.25. The quantitative estimate of drug-likeness (QED) is 0.750. The van der Waals surface area contributed by atoms with Crippen LogP contribution in [0.1, 0.15) is 16.7 Å². The number of imide groups is 1. The second-order valence-corrected chi connectivity index (χ2v) is 4.86. The van der Waals surface area contributed by atoms with Gasteiger partial charge in [0.25, 0.3) is 11.1 Å². The normalized spacial score (nSPS) is 17.6. The van der Waals surface area contributed by atoms with Gasteiger partial charge in [0.05, 0.1) is 4.91 Å². The first-order chi connectivity index (χ1) is 7.97. The Labute approximate surface area is 103 Å². The van der Waals surface area contributed by atoms with Gasteiger partial charge in [-0.1, -0.05) is 0 Å². The molecular weight excluding hydrogens is 238 g/mol. The summed E-state index contributed by atoms with van der Waals surface area (Å²) in [7, 11) is 0. The van der Waals surface area contributed by atoms with Gasteiger partial charge in [-0.3, -0.25) is 14.9 Å². The molecule has 2 rings (SSSR count). The van der Waals surface area contributed by atoms with Crippen molar-refractivity contribution in [1.29, 1.82) is 0 Å². The number of benzene rings is 1. The highest BCUT2D eigenvalue weighted by Crippen LogP contribution is 2.29. The zero-order valence-electron chi connectivity index (χ0n) is 9.40. The van der Waals surface area contributed by atoms with Crippen molar-refractivity contribution in [2.75, 3.05) is 0 Å². The lowest BCUT2D eigenvalue weighted by Gasteiger charge is -2.06. The van der Waals surface area contributed by atoms with E-state index < -0.39 is 0 Å². The van der Waals surface area contributed by atoms with Gasteiger partial charge in [-0.25, -0.2) is 0 Å². The molecule has 0 spiro atoms. The van der Waals surface area contributed by atoms with Gasteiger partial charge in [-0.2, -0.15) is 0 Å². The molecule has 1 fully saturated rings. The van der Waals surface area contributed by atoms with Crippen LogP contribution in [0.25, 0.3) is 6.08 Å². The summed E-state index contributed by atoms with van der Waals surface area (Å²) < 4.78 is 0. The monoisotopic (exact) mass is 249 g/mol. The van der Waals surface area contributed by atoms with Crippen LogP contribution in [0.4, 0.5) is 4.79 Å². The predicted octanol–water partition coefficient (Wildman–Crippen LogP) is 2.33. The number of carbonyl (C=O) groups excluding carboxylic acids is 2. The number of phenolic OH excluding ortho intramolecular Hbond substituents is 1. The Morgan fingerprint density at radius 2 is 1.82 bits per heavy atom. The molecule has 1 aliphatic heterocycles. The minimum atomic E-state index is -0.369. The third-order valence-corrected chi connectivity index (χ3v) is 3.31. The molecule has 0 aromatic heterocycles. The molecule has 1 saturated heterocycles. The average molecular weight is 249 g/mol. The van der Waals surface area contributed by atoms with E-state index in [4.69, 9.17) is 0 Å². The third kappa shape index (κ3) is 2.34. The number of hydrogen-bond donors (Lipinski definition) is 2. The van der Waals surface area contributed by atoms with Crippen molar-refractivity contribution >= 4 is 29.0 Å². The number of nitrogens with one attached hydrogen (secondary N) is 1. The molecule has 2 amide bonds. The van der Waals surface area contributed by atoms with E-state index >= 15 is 0 Å². The fourth-order valence-electron chi connectivity index (χ4n) is 1.73. The van der Waals surface area contributed by atoms with Crippen molar-refractivity contribution in [3.05, 3.63) is 33.7 Å². The van der Waals surface area contributed by atoms with E-state index in [1.165, 1.54) is 0 Å². The van der Waals surface area contributed by atoms with Crippen LogP contribution < -0.4 is 5.32 Å². The topological polar surface area (TPSA) is 66.4 Å². The van der Waals surface area contributed by atoms with Crippen LogP contribution in [0.2, 0.25) is 0 Å². The summed E-state index contributed by atoms with van der Waals surface area (Å²) in [6.07, 6.45) is 1.68. The van der Waals surface area contributed by atoms with Gasteiger partial charge in [0.1, 0.15) is 5.75 Å². The first-order valence-corrected chi connectivity index (χ1v) is 5.84. The van der Waals surface area contributed by atoms with E-state index in [1.54, 1.807) is 18.2 Å². The van der Waals surface area contributed by atoms with Crippen LogP contribution in [0.5, 0.6) is 5.75 Å². The van der Waals surface area contributed by atoms with Gasteiger partial charge in [0.15, 0.2) is 0 Å². The van der Waals surface area contributed by atoms with E-state index in [0.29, 0.717) is 4.91 Å². The lowest BCUT2D eigenvalue weighted by Crippen LogP contribution is -2.17. The Kier molecular flexibility index (Phi) is 2.93. The molecule has 88 valence electrons. The van der Waals surface area contributed by atoms with Crippen LogP contribution in [0.3, 0.4) is 0 Å². The highest BCUT2D eigenvalue weighted by molar-refractivity contribution is 8.18. The highest BCUT2D eigenvalue weighted by atomic mass is 32.2. The number of amides is 2. The zero-order valence-corrected chi connectivity index (χ0v) is 10.2. The molecule has 1 heterocycles. The number of thioether (sulfide) groups is 1. The molecule has 0 saturated carbocycles. The minimum Gasteiger partial charge on any atom is -0.508 e. The molecule has 0 aliphatic carbocycles. The Morgan fingerprint density at radius 3 is 2.29 bits per heavy atom. The van der Waals surface area contributed by atoms with Gasteiger partial charge in [-0.15, -0.1) is 0 Å². The number of phenols is 1. The number of aryl methyl sites for hydroxylation is 2. The fourth-order valence-corrected chi connectivity index (χ4v) is 2.40. The summed E-state index contributed by atoms with van der Waals surface area (Å²) >= 11 is 0.889. The average Bonchev–Trinajstić information content (AvgIpc) is 2.51. The largest absolute Gasteiger partial charge is 0.508 e. The van der Waals surface area contributed by atoms with Gasteiger partial charge < -0.3 is 5.11 Å². The van der Waals surface area contributed by atoms with Crippen LogP contribution in [-0.2, 0) is 4.79 Å². The summed E-state index contributed by atoms with van der Waals surface area (Å²) in [6.45, 7) is 3.69. The second-order valence-electron chi connectivity index (χ2n) is 3.85. The van der Waals surface area contributed by atoms with Crippen molar-refractivity contribution < 1.29 is 14.7 Å².